The van der Waals surface area contributed by atoms with Crippen LogP contribution in [0, 0.1) is 0 Å². The number of nitrogens with two attached hydrogens (primary N) is 1. The number of thiocarbonyl (C=S) groups is 1. The van der Waals surface area contributed by atoms with Gasteiger partial charge in [0.1, 0.15) is 0 Å². The fourth-order valence-corrected chi connectivity index (χ4v) is 1.42. The van der Waals surface area contributed by atoms with Crippen molar-refractivity contribution in [3.05, 3.63) is 35.9 Å². The minimum absolute atomic E-state index is 0.0269. The van der Waals surface area contributed by atoms with Crippen molar-refractivity contribution in [2.24, 2.45) is 5.73 Å². The number of carbonyl (C=O) groups excluding carboxylic acids is 2. The van der Waals surface area contributed by atoms with E-state index in [1.807, 2.05) is 30.3 Å². The molecule has 3 N–H and O–H groups in total. The van der Waals surface area contributed by atoms with Gasteiger partial charge in [0.05, 0.1) is 11.5 Å². The molecule has 0 spiro atoms. The summed E-state index contributed by atoms with van der Waals surface area (Å²) in [5, 5.41) is 2.35. The minimum Gasteiger partial charge on any atom is -0.392 e. The van der Waals surface area contributed by atoms with Gasteiger partial charge < -0.3 is 16.0 Å². The molecule has 96 valence electrons. The summed E-state index contributed by atoms with van der Waals surface area (Å²) < 4.78 is 0. The van der Waals surface area contributed by atoms with Crippen LogP contribution < -0.4 is 11.1 Å². The third kappa shape index (κ3) is 4.50. The van der Waals surface area contributed by atoms with E-state index in [2.05, 4.69) is 17.5 Å². The third-order valence-corrected chi connectivity index (χ3v) is 2.37. The molecule has 1 aromatic rings. The maximum atomic E-state index is 11.7. The number of rotatable bonds is 4. The summed E-state index contributed by atoms with van der Waals surface area (Å²) in [6.07, 6.45) is 0. The van der Waals surface area contributed by atoms with Crippen LogP contribution in [0.25, 0.3) is 0 Å². The highest BCUT2D eigenvalue weighted by Gasteiger charge is 2.18. The van der Waals surface area contributed by atoms with Crippen molar-refractivity contribution >= 4 is 29.0 Å². The van der Waals surface area contributed by atoms with Crippen LogP contribution in [0.15, 0.2) is 30.3 Å². The van der Waals surface area contributed by atoms with Crippen LogP contribution in [0.3, 0.4) is 0 Å². The molecular formula is C12H15N3O2S. The summed E-state index contributed by atoms with van der Waals surface area (Å²) in [5.74, 6) is -1.32. The predicted octanol–water partition coefficient (Wildman–Crippen LogP) is 0.0473. The molecule has 18 heavy (non-hydrogen) atoms. The Hall–Kier alpha value is -1.95. The van der Waals surface area contributed by atoms with Crippen molar-refractivity contribution in [1.82, 2.24) is 10.2 Å². The van der Waals surface area contributed by atoms with Crippen molar-refractivity contribution in [1.29, 1.82) is 0 Å². The summed E-state index contributed by atoms with van der Waals surface area (Å²) >= 11 is 4.61. The molecule has 0 bridgehead atoms. The van der Waals surface area contributed by atoms with Gasteiger partial charge in [-0.1, -0.05) is 42.5 Å². The topological polar surface area (TPSA) is 75.4 Å². The zero-order chi connectivity index (χ0) is 13.5. The Balaban J connectivity index is 2.51. The number of amides is 2. The van der Waals surface area contributed by atoms with Crippen LogP contribution in [0.5, 0.6) is 0 Å². The van der Waals surface area contributed by atoms with Gasteiger partial charge in [-0.25, -0.2) is 0 Å². The fraction of sp³-hybridized carbons (Fsp3) is 0.250. The second-order valence-corrected chi connectivity index (χ2v) is 4.32. The molecule has 0 aliphatic heterocycles. The number of nitrogens with one attached hydrogen (secondary N) is 1. The van der Waals surface area contributed by atoms with E-state index in [9.17, 15) is 9.59 Å². The molecule has 0 aliphatic carbocycles. The molecule has 0 aliphatic rings. The largest absolute Gasteiger partial charge is 0.392 e. The summed E-state index contributed by atoms with van der Waals surface area (Å²) in [4.78, 5) is 24.6. The first-order valence-corrected chi connectivity index (χ1v) is 5.77. The molecule has 1 rings (SSSR count). The molecule has 0 heterocycles. The average molecular weight is 265 g/mol. The predicted molar refractivity (Wildman–Crippen MR) is 72.7 cm³/mol. The Labute approximate surface area is 111 Å². The number of carbonyl (C=O) groups is 2. The van der Waals surface area contributed by atoms with E-state index in [-0.39, 0.29) is 11.5 Å². The summed E-state index contributed by atoms with van der Waals surface area (Å²) in [7, 11) is 1.57. The SMILES string of the molecule is CN(Cc1ccccc1)C(=O)C(=O)NCC(N)=S. The molecular weight excluding hydrogens is 250 g/mol. The van der Waals surface area contributed by atoms with Gasteiger partial charge in [-0.2, -0.15) is 0 Å². The molecule has 1 aromatic carbocycles. The first-order valence-electron chi connectivity index (χ1n) is 5.36. The normalized spacial score (nSPS) is 9.61. The number of hydrogen-bond acceptors (Lipinski definition) is 3. The van der Waals surface area contributed by atoms with Gasteiger partial charge >= 0.3 is 11.8 Å². The lowest BCUT2D eigenvalue weighted by Crippen LogP contribution is -2.43. The van der Waals surface area contributed by atoms with E-state index in [0.29, 0.717) is 6.54 Å². The number of likely N-dealkylation sites (N-methyl/N-ethyl adjacent to an activating group) is 1. The van der Waals surface area contributed by atoms with E-state index in [1.165, 1.54) is 4.90 Å². The summed E-state index contributed by atoms with van der Waals surface area (Å²) in [6, 6.07) is 9.41. The number of benzene rings is 1. The van der Waals surface area contributed by atoms with E-state index < -0.39 is 11.8 Å². The molecule has 0 unspecified atom stereocenters. The van der Waals surface area contributed by atoms with Crippen LogP contribution in [-0.2, 0) is 16.1 Å². The Morgan fingerprint density at radius 3 is 2.50 bits per heavy atom. The fourth-order valence-electron chi connectivity index (χ4n) is 1.35. The lowest BCUT2D eigenvalue weighted by molar-refractivity contribution is -0.145. The van der Waals surface area contributed by atoms with Crippen LogP contribution in [0.4, 0.5) is 0 Å². The lowest BCUT2D eigenvalue weighted by atomic mass is 10.2. The average Bonchev–Trinajstić information content (AvgIpc) is 2.36. The molecule has 2 amide bonds. The van der Waals surface area contributed by atoms with Gasteiger partial charge in [-0.3, -0.25) is 9.59 Å². The second kappa shape index (κ2) is 6.70. The quantitative estimate of drug-likeness (QED) is 0.596. The van der Waals surface area contributed by atoms with Gasteiger partial charge in [0.15, 0.2) is 0 Å². The first-order chi connectivity index (χ1) is 8.50. The minimum atomic E-state index is -0.707. The van der Waals surface area contributed by atoms with Crippen molar-refractivity contribution in [2.45, 2.75) is 6.54 Å². The van der Waals surface area contributed by atoms with Crippen molar-refractivity contribution in [3.8, 4) is 0 Å². The zero-order valence-electron chi connectivity index (χ0n) is 10.1. The first kappa shape index (κ1) is 14.1. The maximum absolute atomic E-state index is 11.7. The molecule has 0 atom stereocenters. The molecule has 0 fully saturated rings. The standard InChI is InChI=1S/C12H15N3O2S/c1-15(8-9-5-3-2-4-6-9)12(17)11(16)14-7-10(13)18/h2-6H,7-8H2,1H3,(H2,13,18)(H,14,16). The van der Waals surface area contributed by atoms with E-state index >= 15 is 0 Å². The van der Waals surface area contributed by atoms with Crippen molar-refractivity contribution in [3.63, 3.8) is 0 Å². The van der Waals surface area contributed by atoms with Gasteiger partial charge in [0.25, 0.3) is 0 Å². The Morgan fingerprint density at radius 2 is 1.94 bits per heavy atom. The van der Waals surface area contributed by atoms with E-state index in [0.717, 1.165) is 5.56 Å². The van der Waals surface area contributed by atoms with E-state index in [4.69, 9.17) is 5.73 Å². The van der Waals surface area contributed by atoms with Crippen LogP contribution in [0.1, 0.15) is 5.56 Å². The molecule has 6 heteroatoms. The van der Waals surface area contributed by atoms with Crippen LogP contribution in [0.2, 0.25) is 0 Å². The van der Waals surface area contributed by atoms with E-state index in [1.54, 1.807) is 7.05 Å². The maximum Gasteiger partial charge on any atom is 0.311 e. The zero-order valence-corrected chi connectivity index (χ0v) is 10.9. The smallest absolute Gasteiger partial charge is 0.311 e. The van der Waals surface area contributed by atoms with Crippen LogP contribution >= 0.6 is 12.2 Å². The van der Waals surface area contributed by atoms with Gasteiger partial charge in [-0.05, 0) is 5.56 Å². The van der Waals surface area contributed by atoms with Crippen LogP contribution in [-0.4, -0.2) is 35.3 Å². The Morgan fingerprint density at radius 1 is 1.33 bits per heavy atom. The van der Waals surface area contributed by atoms with Crippen molar-refractivity contribution in [2.75, 3.05) is 13.6 Å². The summed E-state index contributed by atoms with van der Waals surface area (Å²) in [5.41, 5.74) is 6.19. The van der Waals surface area contributed by atoms with Gasteiger partial charge in [0, 0.05) is 13.6 Å². The number of hydrogen-bond donors (Lipinski definition) is 2. The Kier molecular flexibility index (Phi) is 5.26. The molecule has 0 radical (unpaired) electrons. The molecule has 0 saturated heterocycles. The molecule has 5 nitrogen and oxygen atoms in total. The second-order valence-electron chi connectivity index (χ2n) is 3.80. The van der Waals surface area contributed by atoms with Gasteiger partial charge in [0.2, 0.25) is 0 Å². The van der Waals surface area contributed by atoms with Gasteiger partial charge in [-0.15, -0.1) is 0 Å². The molecule has 0 aromatic heterocycles. The lowest BCUT2D eigenvalue weighted by Gasteiger charge is -2.16. The highest BCUT2D eigenvalue weighted by molar-refractivity contribution is 7.80. The van der Waals surface area contributed by atoms with Crippen molar-refractivity contribution < 1.29 is 9.59 Å². The number of nitrogens with zero attached hydrogens (tertiary/aromatic N) is 1. The summed E-state index contributed by atoms with van der Waals surface area (Å²) in [6.45, 7) is 0.402. The third-order valence-electron chi connectivity index (χ3n) is 2.23. The molecule has 0 saturated carbocycles. The Bertz CT molecular complexity index is 448. The monoisotopic (exact) mass is 265 g/mol. The highest BCUT2D eigenvalue weighted by atomic mass is 32.1. The highest BCUT2D eigenvalue weighted by Crippen LogP contribution is 2.02.